The number of hydrogen-bond donors (Lipinski definition) is 2. The molecule has 4 rings (SSSR count). The van der Waals surface area contributed by atoms with Crippen molar-refractivity contribution in [3.05, 3.63) is 47.8 Å². The van der Waals surface area contributed by atoms with Crippen molar-refractivity contribution >= 4 is 11.6 Å². The van der Waals surface area contributed by atoms with Crippen molar-refractivity contribution in [1.29, 1.82) is 0 Å². The highest BCUT2D eigenvalue weighted by atomic mass is 16.3. The van der Waals surface area contributed by atoms with Gasteiger partial charge in [-0.1, -0.05) is 24.3 Å². The first-order chi connectivity index (χ1) is 11.3. The summed E-state index contributed by atoms with van der Waals surface area (Å²) >= 11 is 0. The fourth-order valence-electron chi connectivity index (χ4n) is 3.80. The lowest BCUT2D eigenvalue weighted by atomic mass is 10.1. The first-order valence-corrected chi connectivity index (χ1v) is 8.39. The predicted octanol–water partition coefficient (Wildman–Crippen LogP) is 2.54. The molecule has 2 N–H and O–H groups in total. The average molecular weight is 310 g/mol. The molecule has 0 spiro atoms. The molecule has 1 fully saturated rings. The molecule has 2 aliphatic rings. The number of anilines is 2. The van der Waals surface area contributed by atoms with Crippen molar-refractivity contribution < 1.29 is 5.11 Å². The Kier molecular flexibility index (Phi) is 3.87. The number of fused-ring (bicyclic) bond motifs is 1. The zero-order valence-electron chi connectivity index (χ0n) is 13.2. The molecule has 5 nitrogen and oxygen atoms in total. The smallest absolute Gasteiger partial charge is 0.134 e. The molecular weight excluding hydrogens is 288 g/mol. The quantitative estimate of drug-likeness (QED) is 0.909. The Labute approximate surface area is 136 Å². The van der Waals surface area contributed by atoms with Crippen LogP contribution in [0.3, 0.4) is 0 Å². The second-order valence-corrected chi connectivity index (χ2v) is 6.37. The summed E-state index contributed by atoms with van der Waals surface area (Å²) in [6.07, 6.45) is 5.96. The molecule has 2 aromatic rings. The summed E-state index contributed by atoms with van der Waals surface area (Å²) in [5.41, 5.74) is 2.81. The van der Waals surface area contributed by atoms with E-state index >= 15 is 0 Å². The molecule has 23 heavy (non-hydrogen) atoms. The van der Waals surface area contributed by atoms with Crippen molar-refractivity contribution in [1.82, 2.24) is 9.97 Å². The van der Waals surface area contributed by atoms with Crippen LogP contribution >= 0.6 is 0 Å². The van der Waals surface area contributed by atoms with Gasteiger partial charge in [-0.3, -0.25) is 0 Å². The highest BCUT2D eigenvalue weighted by Crippen LogP contribution is 2.34. The summed E-state index contributed by atoms with van der Waals surface area (Å²) in [5.74, 6) is 1.77. The monoisotopic (exact) mass is 310 g/mol. The number of aliphatic hydroxyl groups is 1. The van der Waals surface area contributed by atoms with Gasteiger partial charge in [-0.15, -0.1) is 0 Å². The number of aromatic nitrogens is 2. The third-order valence-corrected chi connectivity index (χ3v) is 4.99. The van der Waals surface area contributed by atoms with Crippen LogP contribution in [0.4, 0.5) is 11.6 Å². The van der Waals surface area contributed by atoms with Crippen LogP contribution in [0.1, 0.15) is 36.4 Å². The molecule has 0 amide bonds. The van der Waals surface area contributed by atoms with Gasteiger partial charge in [-0.05, 0) is 36.8 Å². The zero-order valence-corrected chi connectivity index (χ0v) is 13.2. The second-order valence-electron chi connectivity index (χ2n) is 6.37. The Morgan fingerprint density at radius 3 is 3.04 bits per heavy atom. The Hall–Kier alpha value is -2.14. The van der Waals surface area contributed by atoms with Crippen molar-refractivity contribution in [2.24, 2.45) is 0 Å². The van der Waals surface area contributed by atoms with Crippen LogP contribution < -0.4 is 10.2 Å². The van der Waals surface area contributed by atoms with Gasteiger partial charge < -0.3 is 15.3 Å². The summed E-state index contributed by atoms with van der Waals surface area (Å²) in [6.45, 7) is 1.14. The number of benzene rings is 1. The van der Waals surface area contributed by atoms with Gasteiger partial charge >= 0.3 is 0 Å². The van der Waals surface area contributed by atoms with E-state index in [1.165, 1.54) is 11.1 Å². The molecule has 0 radical (unpaired) electrons. The Morgan fingerprint density at radius 2 is 2.13 bits per heavy atom. The molecule has 1 aromatic heterocycles. The fraction of sp³-hybridized carbons (Fsp3) is 0.444. The molecule has 120 valence electrons. The van der Waals surface area contributed by atoms with Crippen molar-refractivity contribution in [2.45, 2.75) is 37.8 Å². The maximum absolute atomic E-state index is 9.51. The van der Waals surface area contributed by atoms with Gasteiger partial charge in [0.25, 0.3) is 0 Å². The van der Waals surface area contributed by atoms with Gasteiger partial charge in [0.1, 0.15) is 18.0 Å². The van der Waals surface area contributed by atoms with Gasteiger partial charge in [0, 0.05) is 12.6 Å². The molecule has 2 atom stereocenters. The Balaban J connectivity index is 1.53. The molecule has 1 aliphatic heterocycles. The molecule has 5 heteroatoms. The van der Waals surface area contributed by atoms with E-state index in [9.17, 15) is 5.11 Å². The Bertz CT molecular complexity index is 690. The van der Waals surface area contributed by atoms with Crippen LogP contribution in [0.25, 0.3) is 0 Å². The van der Waals surface area contributed by atoms with Gasteiger partial charge in [0.15, 0.2) is 0 Å². The molecule has 1 aliphatic carbocycles. The van der Waals surface area contributed by atoms with Crippen LogP contribution in [-0.2, 0) is 6.42 Å². The van der Waals surface area contributed by atoms with E-state index in [2.05, 4.69) is 44.5 Å². The molecular formula is C18H22N4O. The minimum absolute atomic E-state index is 0.183. The molecule has 2 heterocycles. The molecule has 1 saturated heterocycles. The van der Waals surface area contributed by atoms with Gasteiger partial charge in [-0.2, -0.15) is 0 Å². The summed E-state index contributed by atoms with van der Waals surface area (Å²) < 4.78 is 0. The van der Waals surface area contributed by atoms with Crippen molar-refractivity contribution in [2.75, 3.05) is 23.4 Å². The topological polar surface area (TPSA) is 61.3 Å². The first kappa shape index (κ1) is 14.5. The zero-order chi connectivity index (χ0) is 15.6. The lowest BCUT2D eigenvalue weighted by molar-refractivity contribution is 0.266. The van der Waals surface area contributed by atoms with E-state index in [-0.39, 0.29) is 12.6 Å². The summed E-state index contributed by atoms with van der Waals surface area (Å²) in [7, 11) is 0. The lowest BCUT2D eigenvalue weighted by Crippen LogP contribution is -2.32. The summed E-state index contributed by atoms with van der Waals surface area (Å²) in [5, 5.41) is 13.1. The number of nitrogens with zero attached hydrogens (tertiary/aromatic N) is 3. The van der Waals surface area contributed by atoms with Crippen LogP contribution in [0.5, 0.6) is 0 Å². The minimum atomic E-state index is 0.183. The summed E-state index contributed by atoms with van der Waals surface area (Å²) in [6, 6.07) is 11.1. The van der Waals surface area contributed by atoms with Crippen molar-refractivity contribution in [3.8, 4) is 0 Å². The number of hydrogen-bond acceptors (Lipinski definition) is 5. The third-order valence-electron chi connectivity index (χ3n) is 4.99. The fourth-order valence-corrected chi connectivity index (χ4v) is 3.80. The maximum Gasteiger partial charge on any atom is 0.134 e. The van der Waals surface area contributed by atoms with Crippen molar-refractivity contribution in [3.63, 3.8) is 0 Å². The Morgan fingerprint density at radius 1 is 1.22 bits per heavy atom. The maximum atomic E-state index is 9.51. The van der Waals surface area contributed by atoms with E-state index in [1.807, 2.05) is 6.07 Å². The SMILES string of the molecule is OC[C@H]1CCCN1c1cc(N[C@H]2CCc3ccccc32)ncn1. The highest BCUT2D eigenvalue weighted by molar-refractivity contribution is 5.52. The van der Waals surface area contributed by atoms with Crippen LogP contribution in [0.15, 0.2) is 36.7 Å². The van der Waals surface area contributed by atoms with Crippen LogP contribution in [0, 0.1) is 0 Å². The average Bonchev–Trinajstić information content (AvgIpc) is 3.22. The van der Waals surface area contributed by atoms with E-state index < -0.39 is 0 Å². The number of aliphatic hydroxyl groups excluding tert-OH is 1. The van der Waals surface area contributed by atoms with Gasteiger partial charge in [-0.25, -0.2) is 9.97 Å². The largest absolute Gasteiger partial charge is 0.394 e. The number of rotatable bonds is 4. The predicted molar refractivity (Wildman–Crippen MR) is 90.6 cm³/mol. The summed E-state index contributed by atoms with van der Waals surface area (Å²) in [4.78, 5) is 11.0. The number of nitrogens with one attached hydrogen (secondary N) is 1. The van der Waals surface area contributed by atoms with E-state index in [0.717, 1.165) is 43.9 Å². The third kappa shape index (κ3) is 2.77. The van der Waals surface area contributed by atoms with Gasteiger partial charge in [0.05, 0.1) is 18.7 Å². The molecule has 0 unspecified atom stereocenters. The lowest BCUT2D eigenvalue weighted by Gasteiger charge is -2.24. The second kappa shape index (κ2) is 6.16. The standard InChI is InChI=1S/C18H22N4O/c23-11-14-5-3-9-22(14)18-10-17(19-12-20-18)21-16-8-7-13-4-1-2-6-15(13)16/h1-2,4,6,10,12,14,16,23H,3,5,7-9,11H2,(H,19,20,21)/t14-,16+/m1/s1. The van der Waals surface area contributed by atoms with Crippen LogP contribution in [-0.4, -0.2) is 34.3 Å². The normalized spacial score (nSPS) is 23.1. The minimum Gasteiger partial charge on any atom is -0.394 e. The molecule has 1 aromatic carbocycles. The molecule has 0 saturated carbocycles. The van der Waals surface area contributed by atoms with E-state index in [0.29, 0.717) is 6.04 Å². The van der Waals surface area contributed by atoms with E-state index in [4.69, 9.17) is 0 Å². The van der Waals surface area contributed by atoms with Gasteiger partial charge in [0.2, 0.25) is 0 Å². The van der Waals surface area contributed by atoms with Crippen LogP contribution in [0.2, 0.25) is 0 Å². The van der Waals surface area contributed by atoms with E-state index in [1.54, 1.807) is 6.33 Å². The highest BCUT2D eigenvalue weighted by Gasteiger charge is 2.26. The first-order valence-electron chi connectivity index (χ1n) is 8.39. The number of aryl methyl sites for hydroxylation is 1. The molecule has 0 bridgehead atoms.